The van der Waals surface area contributed by atoms with Crippen molar-refractivity contribution in [2.75, 3.05) is 4.90 Å². The molecule has 0 unspecified atom stereocenters. The second-order valence-electron chi connectivity index (χ2n) is 14.1. The SMILES string of the molecule is c1ccc(-c2ccc3c(c2)Oc2c(ccc4ccccc24)-c2ccc(N(c4ccc5c(c4)sc4ccccc45)c4ccccc4-c4ccccc4)cc2-3)cc1. The summed E-state index contributed by atoms with van der Waals surface area (Å²) in [6.45, 7) is 0. The molecule has 258 valence electrons. The third kappa shape index (κ3) is 5.32. The van der Waals surface area contributed by atoms with Crippen LogP contribution in [0.4, 0.5) is 17.1 Å². The molecule has 11 rings (SSSR count). The van der Waals surface area contributed by atoms with Crippen molar-refractivity contribution in [3.05, 3.63) is 200 Å². The molecule has 10 aromatic rings. The van der Waals surface area contributed by atoms with Crippen LogP contribution in [-0.2, 0) is 0 Å². The second kappa shape index (κ2) is 12.9. The first-order valence-corrected chi connectivity index (χ1v) is 19.5. The standard InChI is InChI=1S/C52H33NOS/c1-3-13-34(14-4-1)37-24-27-43-47-32-38(25-29-42(47)46-28-23-36-17-7-8-19-41(36)52(46)54-49(43)31-37)53(48-21-11-9-18-40(48)35-15-5-2-6-16-35)39-26-30-45-44-20-10-12-22-50(44)55-51(45)33-39/h1-33H. The summed E-state index contributed by atoms with van der Waals surface area (Å²) in [5.41, 5.74) is 12.3. The summed E-state index contributed by atoms with van der Waals surface area (Å²) < 4.78 is 9.64. The van der Waals surface area contributed by atoms with E-state index < -0.39 is 0 Å². The lowest BCUT2D eigenvalue weighted by atomic mass is 9.91. The molecule has 0 N–H and O–H groups in total. The third-order valence-electron chi connectivity index (χ3n) is 10.9. The summed E-state index contributed by atoms with van der Waals surface area (Å²) in [5.74, 6) is 1.73. The van der Waals surface area contributed by atoms with E-state index >= 15 is 0 Å². The Kier molecular flexibility index (Phi) is 7.39. The molecule has 0 aliphatic carbocycles. The fourth-order valence-corrected chi connectivity index (χ4v) is 9.39. The lowest BCUT2D eigenvalue weighted by Crippen LogP contribution is -2.11. The van der Waals surface area contributed by atoms with Gasteiger partial charge in [0.2, 0.25) is 0 Å². The Bertz CT molecular complexity index is 3070. The molecule has 0 amide bonds. The molecule has 0 atom stereocenters. The number of anilines is 3. The van der Waals surface area contributed by atoms with Crippen LogP contribution in [0.25, 0.3) is 75.5 Å². The van der Waals surface area contributed by atoms with Gasteiger partial charge >= 0.3 is 0 Å². The van der Waals surface area contributed by atoms with Gasteiger partial charge in [0.1, 0.15) is 11.5 Å². The average molecular weight is 720 g/mol. The van der Waals surface area contributed by atoms with E-state index in [1.165, 1.54) is 31.3 Å². The first kappa shape index (κ1) is 31.6. The van der Waals surface area contributed by atoms with Crippen LogP contribution >= 0.6 is 11.3 Å². The highest BCUT2D eigenvalue weighted by Gasteiger charge is 2.26. The number of hydrogen-bond donors (Lipinski definition) is 0. The molecule has 1 aliphatic heterocycles. The minimum Gasteiger partial charge on any atom is -0.455 e. The summed E-state index contributed by atoms with van der Waals surface area (Å²) in [6, 6.07) is 72.2. The molecule has 2 heterocycles. The molecule has 1 aliphatic rings. The van der Waals surface area contributed by atoms with Crippen molar-refractivity contribution in [3.63, 3.8) is 0 Å². The summed E-state index contributed by atoms with van der Waals surface area (Å²) in [5, 5.41) is 4.84. The molecule has 0 spiro atoms. The Morgan fingerprint density at radius 1 is 0.364 bits per heavy atom. The number of rotatable bonds is 5. The number of ether oxygens (including phenoxy) is 1. The highest BCUT2D eigenvalue weighted by Crippen LogP contribution is 2.52. The zero-order valence-electron chi connectivity index (χ0n) is 29.8. The Morgan fingerprint density at radius 3 is 1.89 bits per heavy atom. The quantitative estimate of drug-likeness (QED) is 0.176. The minimum absolute atomic E-state index is 0.845. The predicted octanol–water partition coefficient (Wildman–Crippen LogP) is 15.5. The molecular weight excluding hydrogens is 687 g/mol. The van der Waals surface area contributed by atoms with Crippen LogP contribution in [0, 0.1) is 0 Å². The lowest BCUT2D eigenvalue weighted by Gasteiger charge is -2.29. The van der Waals surface area contributed by atoms with E-state index in [-0.39, 0.29) is 0 Å². The van der Waals surface area contributed by atoms with Crippen LogP contribution in [-0.4, -0.2) is 0 Å². The van der Waals surface area contributed by atoms with E-state index in [1.54, 1.807) is 0 Å². The lowest BCUT2D eigenvalue weighted by molar-refractivity contribution is 0.493. The van der Waals surface area contributed by atoms with Gasteiger partial charge in [-0.05, 0) is 87.8 Å². The fourth-order valence-electron chi connectivity index (χ4n) is 8.25. The maximum atomic E-state index is 7.07. The van der Waals surface area contributed by atoms with Gasteiger partial charge in [0.25, 0.3) is 0 Å². The molecule has 0 saturated carbocycles. The van der Waals surface area contributed by atoms with Crippen molar-refractivity contribution in [2.24, 2.45) is 0 Å². The van der Waals surface area contributed by atoms with Gasteiger partial charge in [-0.2, -0.15) is 0 Å². The number of fused-ring (bicyclic) bond motifs is 10. The fraction of sp³-hybridized carbons (Fsp3) is 0. The van der Waals surface area contributed by atoms with Gasteiger partial charge < -0.3 is 9.64 Å². The molecule has 0 fully saturated rings. The van der Waals surface area contributed by atoms with E-state index in [9.17, 15) is 0 Å². The normalized spacial score (nSPS) is 11.8. The Morgan fingerprint density at radius 2 is 1.02 bits per heavy atom. The van der Waals surface area contributed by atoms with Crippen molar-refractivity contribution in [1.29, 1.82) is 0 Å². The number of nitrogens with zero attached hydrogens (tertiary/aromatic N) is 1. The van der Waals surface area contributed by atoms with Crippen LogP contribution in [0.2, 0.25) is 0 Å². The average Bonchev–Trinajstić information content (AvgIpc) is 3.56. The van der Waals surface area contributed by atoms with Gasteiger partial charge in [0.15, 0.2) is 0 Å². The largest absolute Gasteiger partial charge is 0.455 e. The van der Waals surface area contributed by atoms with Crippen LogP contribution in [0.1, 0.15) is 0 Å². The molecule has 3 heteroatoms. The van der Waals surface area contributed by atoms with E-state index in [0.717, 1.165) is 72.7 Å². The minimum atomic E-state index is 0.845. The zero-order chi connectivity index (χ0) is 36.3. The second-order valence-corrected chi connectivity index (χ2v) is 15.2. The molecule has 0 saturated heterocycles. The van der Waals surface area contributed by atoms with Gasteiger partial charge in [0, 0.05) is 53.6 Å². The first-order chi connectivity index (χ1) is 27.3. The van der Waals surface area contributed by atoms with Gasteiger partial charge in [0.05, 0.1) is 5.69 Å². The van der Waals surface area contributed by atoms with E-state index in [4.69, 9.17) is 4.74 Å². The Labute approximate surface area is 323 Å². The van der Waals surface area contributed by atoms with Crippen molar-refractivity contribution in [1.82, 2.24) is 0 Å². The Balaban J connectivity index is 1.17. The van der Waals surface area contributed by atoms with Crippen molar-refractivity contribution in [2.45, 2.75) is 0 Å². The maximum absolute atomic E-state index is 7.07. The number of benzene rings is 9. The van der Waals surface area contributed by atoms with Gasteiger partial charge in [-0.3, -0.25) is 0 Å². The zero-order valence-corrected chi connectivity index (χ0v) is 30.6. The monoisotopic (exact) mass is 719 g/mol. The topological polar surface area (TPSA) is 12.5 Å². The van der Waals surface area contributed by atoms with E-state index in [1.807, 2.05) is 11.3 Å². The Hall–Kier alpha value is -6.94. The molecule has 55 heavy (non-hydrogen) atoms. The van der Waals surface area contributed by atoms with Crippen LogP contribution in [0.3, 0.4) is 0 Å². The molecule has 9 aromatic carbocycles. The number of para-hydroxylation sites is 1. The summed E-state index contributed by atoms with van der Waals surface area (Å²) in [6.07, 6.45) is 0. The van der Waals surface area contributed by atoms with E-state index in [0.29, 0.717) is 0 Å². The third-order valence-corrected chi connectivity index (χ3v) is 12.0. The molecular formula is C52H33NOS. The van der Waals surface area contributed by atoms with Gasteiger partial charge in [-0.25, -0.2) is 0 Å². The van der Waals surface area contributed by atoms with E-state index in [2.05, 4.69) is 205 Å². The number of thiophene rings is 1. The van der Waals surface area contributed by atoms with Crippen LogP contribution < -0.4 is 9.64 Å². The highest BCUT2D eigenvalue weighted by molar-refractivity contribution is 7.25. The van der Waals surface area contributed by atoms with Crippen molar-refractivity contribution < 1.29 is 4.74 Å². The van der Waals surface area contributed by atoms with Crippen LogP contribution in [0.5, 0.6) is 11.5 Å². The smallest absolute Gasteiger partial charge is 0.143 e. The predicted molar refractivity (Wildman–Crippen MR) is 233 cm³/mol. The van der Waals surface area contributed by atoms with Gasteiger partial charge in [-0.15, -0.1) is 11.3 Å². The maximum Gasteiger partial charge on any atom is 0.143 e. The van der Waals surface area contributed by atoms with Crippen molar-refractivity contribution in [3.8, 4) is 56.0 Å². The summed E-state index contributed by atoms with van der Waals surface area (Å²) in [7, 11) is 0. The molecule has 1 aromatic heterocycles. The van der Waals surface area contributed by atoms with Crippen molar-refractivity contribution >= 4 is 59.3 Å². The highest BCUT2D eigenvalue weighted by atomic mass is 32.1. The molecule has 0 bridgehead atoms. The molecule has 2 nitrogen and oxygen atoms in total. The van der Waals surface area contributed by atoms with Crippen LogP contribution in [0.15, 0.2) is 200 Å². The van der Waals surface area contributed by atoms with Gasteiger partial charge in [-0.1, -0.05) is 146 Å². The number of hydrogen-bond acceptors (Lipinski definition) is 3. The summed E-state index contributed by atoms with van der Waals surface area (Å²) >= 11 is 1.85. The first-order valence-electron chi connectivity index (χ1n) is 18.7. The molecule has 0 radical (unpaired) electrons. The summed E-state index contributed by atoms with van der Waals surface area (Å²) in [4.78, 5) is 2.43.